The normalized spacial score (nSPS) is 19.2. The molecule has 1 atom stereocenters. The molecule has 2 rings (SSSR count). The Morgan fingerprint density at radius 1 is 1.42 bits per heavy atom. The largest absolute Gasteiger partial charge is 0.392 e. The summed E-state index contributed by atoms with van der Waals surface area (Å²) in [5.41, 5.74) is 6.52. The van der Waals surface area contributed by atoms with Gasteiger partial charge in [0.2, 0.25) is 0 Å². The third-order valence-electron chi connectivity index (χ3n) is 3.43. The zero-order valence-electron chi connectivity index (χ0n) is 11.0. The molecule has 1 aliphatic heterocycles. The number of rotatable bonds is 3. The van der Waals surface area contributed by atoms with Crippen LogP contribution in [0.4, 0.5) is 0 Å². The van der Waals surface area contributed by atoms with E-state index < -0.39 is 0 Å². The lowest BCUT2D eigenvalue weighted by Gasteiger charge is -2.35. The Morgan fingerprint density at radius 3 is 2.84 bits per heavy atom. The number of amides is 1. The monoisotopic (exact) mass is 294 g/mol. The summed E-state index contributed by atoms with van der Waals surface area (Å²) in [5, 5.41) is 0. The molecule has 1 amide bonds. The third-order valence-corrected chi connectivity index (χ3v) is 4.50. The van der Waals surface area contributed by atoms with E-state index in [2.05, 4.69) is 0 Å². The molecule has 3 nitrogen and oxygen atoms in total. The zero-order chi connectivity index (χ0) is 13.8. The molecule has 0 aliphatic carbocycles. The van der Waals surface area contributed by atoms with Crippen LogP contribution in [-0.4, -0.2) is 34.6 Å². The molecule has 0 radical (unpaired) electrons. The number of thiocarbonyl (C=S) groups is 1. The van der Waals surface area contributed by atoms with Gasteiger partial charge in [0.25, 0.3) is 5.91 Å². The average molecular weight is 294 g/mol. The summed E-state index contributed by atoms with van der Waals surface area (Å²) in [7, 11) is 0. The maximum atomic E-state index is 12.7. The first-order valence-electron chi connectivity index (χ1n) is 6.38. The Hall–Kier alpha value is -1.07. The Bertz CT molecular complexity index is 490. The minimum Gasteiger partial charge on any atom is -0.392 e. The lowest BCUT2D eigenvalue weighted by atomic mass is 10.0. The van der Waals surface area contributed by atoms with Crippen molar-refractivity contribution in [3.8, 4) is 0 Å². The van der Waals surface area contributed by atoms with E-state index in [-0.39, 0.29) is 11.9 Å². The minimum atomic E-state index is -0.0915. The van der Waals surface area contributed by atoms with Gasteiger partial charge in [-0.1, -0.05) is 24.4 Å². The van der Waals surface area contributed by atoms with Crippen molar-refractivity contribution in [1.82, 2.24) is 4.90 Å². The molecule has 1 unspecified atom stereocenters. The van der Waals surface area contributed by atoms with Gasteiger partial charge in [0, 0.05) is 11.4 Å². The smallest absolute Gasteiger partial charge is 0.255 e. The standard InChI is InChI=1S/C14H18N2OS2/c1-19-12-8-3-2-6-10(12)14(17)16-9-5-4-7-11(16)13(15)18/h2-3,6,8,11H,4-5,7,9H2,1H3,(H2,15,18). The average Bonchev–Trinajstić information content (AvgIpc) is 2.46. The Kier molecular flexibility index (Phi) is 4.82. The fourth-order valence-corrected chi connectivity index (χ4v) is 3.28. The molecule has 102 valence electrons. The van der Waals surface area contributed by atoms with Gasteiger partial charge < -0.3 is 10.6 Å². The molecule has 19 heavy (non-hydrogen) atoms. The van der Waals surface area contributed by atoms with Gasteiger partial charge in [-0.3, -0.25) is 4.79 Å². The van der Waals surface area contributed by atoms with Gasteiger partial charge in [-0.25, -0.2) is 0 Å². The van der Waals surface area contributed by atoms with E-state index >= 15 is 0 Å². The molecule has 1 aromatic rings. The van der Waals surface area contributed by atoms with Crippen molar-refractivity contribution >= 4 is 34.9 Å². The third kappa shape index (κ3) is 3.09. The number of likely N-dealkylation sites (tertiary alicyclic amines) is 1. The van der Waals surface area contributed by atoms with Crippen LogP contribution in [0, 0.1) is 0 Å². The molecule has 1 aliphatic rings. The predicted molar refractivity (Wildman–Crippen MR) is 83.7 cm³/mol. The number of carbonyl (C=O) groups is 1. The summed E-state index contributed by atoms with van der Waals surface area (Å²) in [6.45, 7) is 0.740. The highest BCUT2D eigenvalue weighted by Crippen LogP contribution is 2.25. The van der Waals surface area contributed by atoms with Crippen molar-refractivity contribution < 1.29 is 4.79 Å². The van der Waals surface area contributed by atoms with Crippen LogP contribution in [-0.2, 0) is 0 Å². The summed E-state index contributed by atoms with van der Waals surface area (Å²) in [4.78, 5) is 16.0. The maximum Gasteiger partial charge on any atom is 0.255 e. The highest BCUT2D eigenvalue weighted by molar-refractivity contribution is 7.98. The molecule has 1 saturated heterocycles. The van der Waals surface area contributed by atoms with Crippen LogP contribution in [0.25, 0.3) is 0 Å². The van der Waals surface area contributed by atoms with Crippen molar-refractivity contribution in [2.75, 3.05) is 12.8 Å². The van der Waals surface area contributed by atoms with Crippen LogP contribution in [0.15, 0.2) is 29.2 Å². The summed E-state index contributed by atoms with van der Waals surface area (Å²) in [6, 6.07) is 7.60. The van der Waals surface area contributed by atoms with E-state index in [0.29, 0.717) is 4.99 Å². The van der Waals surface area contributed by atoms with Gasteiger partial charge in [-0.05, 0) is 37.7 Å². The summed E-state index contributed by atoms with van der Waals surface area (Å²) >= 11 is 6.69. The molecule has 1 fully saturated rings. The molecule has 0 aromatic heterocycles. The molecule has 0 spiro atoms. The van der Waals surface area contributed by atoms with E-state index in [4.69, 9.17) is 18.0 Å². The van der Waals surface area contributed by atoms with Gasteiger partial charge in [0.05, 0.1) is 16.6 Å². The molecule has 0 saturated carbocycles. The van der Waals surface area contributed by atoms with Crippen molar-refractivity contribution in [3.63, 3.8) is 0 Å². The molecular formula is C14H18N2OS2. The maximum absolute atomic E-state index is 12.7. The second kappa shape index (κ2) is 6.39. The summed E-state index contributed by atoms with van der Waals surface area (Å²) in [6.07, 6.45) is 4.96. The van der Waals surface area contributed by atoms with E-state index in [1.807, 2.05) is 35.4 Å². The minimum absolute atomic E-state index is 0.0439. The number of hydrogen-bond acceptors (Lipinski definition) is 3. The Balaban J connectivity index is 2.29. The van der Waals surface area contributed by atoms with Gasteiger partial charge >= 0.3 is 0 Å². The van der Waals surface area contributed by atoms with Crippen molar-refractivity contribution in [2.45, 2.75) is 30.2 Å². The number of nitrogens with zero attached hydrogens (tertiary/aromatic N) is 1. The van der Waals surface area contributed by atoms with Crippen molar-refractivity contribution in [2.24, 2.45) is 5.73 Å². The second-order valence-electron chi connectivity index (χ2n) is 4.61. The fourth-order valence-electron chi connectivity index (χ4n) is 2.45. The molecule has 1 aromatic carbocycles. The lowest BCUT2D eigenvalue weighted by Crippen LogP contribution is -2.49. The molecule has 0 bridgehead atoms. The van der Waals surface area contributed by atoms with Crippen molar-refractivity contribution in [1.29, 1.82) is 0 Å². The van der Waals surface area contributed by atoms with Crippen LogP contribution in [0.5, 0.6) is 0 Å². The number of thioether (sulfide) groups is 1. The van der Waals surface area contributed by atoms with E-state index in [1.165, 1.54) is 0 Å². The highest BCUT2D eigenvalue weighted by Gasteiger charge is 2.30. The van der Waals surface area contributed by atoms with E-state index in [0.717, 1.165) is 36.3 Å². The van der Waals surface area contributed by atoms with Crippen LogP contribution in [0.3, 0.4) is 0 Å². The first-order chi connectivity index (χ1) is 9.15. The number of carbonyl (C=O) groups excluding carboxylic acids is 1. The van der Waals surface area contributed by atoms with Crippen LogP contribution >= 0.6 is 24.0 Å². The first-order valence-corrected chi connectivity index (χ1v) is 8.01. The first kappa shape index (κ1) is 14.3. The number of piperidine rings is 1. The number of hydrogen-bond donors (Lipinski definition) is 1. The Labute approximate surface area is 123 Å². The van der Waals surface area contributed by atoms with Gasteiger partial charge in [0.1, 0.15) is 0 Å². The Morgan fingerprint density at radius 2 is 2.16 bits per heavy atom. The summed E-state index contributed by atoms with van der Waals surface area (Å²) in [5.74, 6) is 0.0439. The van der Waals surface area contributed by atoms with Crippen molar-refractivity contribution in [3.05, 3.63) is 29.8 Å². The van der Waals surface area contributed by atoms with Crippen LogP contribution in [0.2, 0.25) is 0 Å². The summed E-state index contributed by atoms with van der Waals surface area (Å²) < 4.78 is 0. The van der Waals surface area contributed by atoms with E-state index in [9.17, 15) is 4.79 Å². The van der Waals surface area contributed by atoms with Gasteiger partial charge in [-0.2, -0.15) is 0 Å². The highest BCUT2D eigenvalue weighted by atomic mass is 32.2. The van der Waals surface area contributed by atoms with Crippen LogP contribution < -0.4 is 5.73 Å². The van der Waals surface area contributed by atoms with E-state index in [1.54, 1.807) is 11.8 Å². The molecule has 5 heteroatoms. The topological polar surface area (TPSA) is 46.3 Å². The molecular weight excluding hydrogens is 276 g/mol. The number of nitrogens with two attached hydrogens (primary N) is 1. The molecule has 1 heterocycles. The van der Waals surface area contributed by atoms with Crippen LogP contribution in [0.1, 0.15) is 29.6 Å². The van der Waals surface area contributed by atoms with Gasteiger partial charge in [-0.15, -0.1) is 11.8 Å². The second-order valence-corrected chi connectivity index (χ2v) is 5.93. The number of benzene rings is 1. The van der Waals surface area contributed by atoms with Gasteiger partial charge in [0.15, 0.2) is 0 Å². The SMILES string of the molecule is CSc1ccccc1C(=O)N1CCCCC1C(N)=S. The lowest BCUT2D eigenvalue weighted by molar-refractivity contribution is 0.0678. The predicted octanol–water partition coefficient (Wildman–Crippen LogP) is 2.69. The molecule has 2 N–H and O–H groups in total. The fraction of sp³-hybridized carbons (Fsp3) is 0.429. The zero-order valence-corrected chi connectivity index (χ0v) is 12.6. The quantitative estimate of drug-likeness (QED) is 0.688.